The molecule has 0 atom stereocenters. The lowest BCUT2D eigenvalue weighted by molar-refractivity contribution is -0.143. The van der Waals surface area contributed by atoms with Crippen LogP contribution < -0.4 is 10.1 Å². The third kappa shape index (κ3) is 4.44. The molecule has 0 radical (unpaired) electrons. The second-order valence-corrected chi connectivity index (χ2v) is 5.44. The number of alkyl halides is 1. The van der Waals surface area contributed by atoms with Gasteiger partial charge in [-0.25, -0.2) is 4.39 Å². The zero-order valence-corrected chi connectivity index (χ0v) is 12.3. The Morgan fingerprint density at radius 1 is 1.23 bits per heavy atom. The Hall–Kier alpha value is -2.11. The lowest BCUT2D eigenvalue weighted by Crippen LogP contribution is -2.29. The molecule has 1 aliphatic rings. The van der Waals surface area contributed by atoms with E-state index in [0.717, 1.165) is 0 Å². The summed E-state index contributed by atoms with van der Waals surface area (Å²) in [4.78, 5) is 23.1. The quantitative estimate of drug-likeness (QED) is 0.847. The molecule has 6 heteroatoms. The van der Waals surface area contributed by atoms with E-state index >= 15 is 0 Å². The van der Waals surface area contributed by atoms with Crippen LogP contribution in [0.2, 0.25) is 0 Å². The number of hydrogen-bond donors (Lipinski definition) is 2. The van der Waals surface area contributed by atoms with Crippen molar-refractivity contribution < 1.29 is 23.8 Å². The van der Waals surface area contributed by atoms with Crippen LogP contribution in [-0.2, 0) is 9.59 Å². The number of carboxylic acids is 1. The molecule has 22 heavy (non-hydrogen) atoms. The van der Waals surface area contributed by atoms with E-state index in [1.807, 2.05) is 0 Å². The minimum atomic E-state index is -0.781. The maximum atomic E-state index is 12.2. The van der Waals surface area contributed by atoms with Gasteiger partial charge in [-0.2, -0.15) is 0 Å². The van der Waals surface area contributed by atoms with Gasteiger partial charge in [0.15, 0.2) is 0 Å². The summed E-state index contributed by atoms with van der Waals surface area (Å²) in [6.45, 7) is -0.583. The maximum absolute atomic E-state index is 12.2. The van der Waals surface area contributed by atoms with E-state index in [0.29, 0.717) is 37.1 Å². The third-order valence-electron chi connectivity index (χ3n) is 3.89. The summed E-state index contributed by atoms with van der Waals surface area (Å²) in [5, 5.41) is 11.8. The van der Waals surface area contributed by atoms with Crippen LogP contribution in [0.5, 0.6) is 5.75 Å². The van der Waals surface area contributed by atoms with E-state index in [-0.39, 0.29) is 24.3 Å². The Kier molecular flexibility index (Phi) is 5.75. The number of carbonyl (C=O) groups is 2. The number of aliphatic carboxylic acids is 1. The summed E-state index contributed by atoms with van der Waals surface area (Å²) in [5.41, 5.74) is 0.599. The molecule has 1 aromatic carbocycles. The van der Waals surface area contributed by atoms with Crippen molar-refractivity contribution in [2.75, 3.05) is 18.6 Å². The highest BCUT2D eigenvalue weighted by atomic mass is 19.1. The van der Waals surface area contributed by atoms with Crippen molar-refractivity contribution in [3.05, 3.63) is 24.3 Å². The number of rotatable bonds is 6. The van der Waals surface area contributed by atoms with E-state index in [9.17, 15) is 14.0 Å². The van der Waals surface area contributed by atoms with Gasteiger partial charge in [-0.05, 0) is 37.8 Å². The highest BCUT2D eigenvalue weighted by Crippen LogP contribution is 2.30. The van der Waals surface area contributed by atoms with Gasteiger partial charge in [-0.15, -0.1) is 0 Å². The molecule has 2 N–H and O–H groups in total. The van der Waals surface area contributed by atoms with E-state index in [4.69, 9.17) is 9.84 Å². The van der Waals surface area contributed by atoms with Crippen molar-refractivity contribution in [3.63, 3.8) is 0 Å². The largest absolute Gasteiger partial charge is 0.491 e. The SMILES string of the molecule is O=C(O)C1CCC(C(=O)Nc2cccc(OCCF)c2)CC1. The summed E-state index contributed by atoms with van der Waals surface area (Å²) < 4.78 is 17.3. The van der Waals surface area contributed by atoms with Crippen LogP contribution in [0.15, 0.2) is 24.3 Å². The first-order chi connectivity index (χ1) is 10.6. The monoisotopic (exact) mass is 309 g/mol. The summed E-state index contributed by atoms with van der Waals surface area (Å²) >= 11 is 0. The predicted octanol–water partition coefficient (Wildman–Crippen LogP) is 2.86. The Labute approximate surface area is 128 Å². The standard InChI is InChI=1S/C16H20FNO4/c17-8-9-22-14-3-1-2-13(10-14)18-15(19)11-4-6-12(7-5-11)16(20)21/h1-3,10-12H,4-9H2,(H,18,19)(H,20,21). The molecule has 1 saturated carbocycles. The topological polar surface area (TPSA) is 75.6 Å². The zero-order chi connectivity index (χ0) is 15.9. The number of nitrogens with one attached hydrogen (secondary N) is 1. The number of halogens is 1. The molecule has 0 saturated heterocycles. The second-order valence-electron chi connectivity index (χ2n) is 5.44. The van der Waals surface area contributed by atoms with Gasteiger partial charge in [0.05, 0.1) is 5.92 Å². The smallest absolute Gasteiger partial charge is 0.306 e. The molecule has 0 aromatic heterocycles. The number of amides is 1. The highest BCUT2D eigenvalue weighted by molar-refractivity contribution is 5.92. The fraction of sp³-hybridized carbons (Fsp3) is 0.500. The minimum absolute atomic E-state index is 0.0173. The molecule has 0 spiro atoms. The van der Waals surface area contributed by atoms with Gasteiger partial charge in [-0.1, -0.05) is 6.07 Å². The van der Waals surface area contributed by atoms with Gasteiger partial charge < -0.3 is 15.2 Å². The van der Waals surface area contributed by atoms with E-state index in [2.05, 4.69) is 5.32 Å². The van der Waals surface area contributed by atoms with Crippen LogP contribution in [0.1, 0.15) is 25.7 Å². The normalized spacial score (nSPS) is 21.1. The Morgan fingerprint density at radius 2 is 1.91 bits per heavy atom. The first-order valence-electron chi connectivity index (χ1n) is 7.42. The number of anilines is 1. The number of benzene rings is 1. The van der Waals surface area contributed by atoms with Gasteiger partial charge in [0.25, 0.3) is 0 Å². The Bertz CT molecular complexity index is 527. The van der Waals surface area contributed by atoms with Crippen LogP contribution in [0.3, 0.4) is 0 Å². The highest BCUT2D eigenvalue weighted by Gasteiger charge is 2.29. The van der Waals surface area contributed by atoms with Crippen molar-refractivity contribution in [3.8, 4) is 5.75 Å². The number of hydrogen-bond acceptors (Lipinski definition) is 3. The van der Waals surface area contributed by atoms with Gasteiger partial charge in [0.1, 0.15) is 19.0 Å². The second kappa shape index (κ2) is 7.77. The van der Waals surface area contributed by atoms with Crippen LogP contribution >= 0.6 is 0 Å². The van der Waals surface area contributed by atoms with Gasteiger partial charge in [0.2, 0.25) is 5.91 Å². The minimum Gasteiger partial charge on any atom is -0.491 e. The number of carboxylic acid groups (broad SMARTS) is 1. The predicted molar refractivity (Wildman–Crippen MR) is 79.6 cm³/mol. The molecule has 1 amide bonds. The lowest BCUT2D eigenvalue weighted by atomic mass is 9.81. The van der Waals surface area contributed by atoms with Gasteiger partial charge >= 0.3 is 5.97 Å². The molecule has 2 rings (SSSR count). The van der Waals surface area contributed by atoms with Crippen molar-refractivity contribution in [2.24, 2.45) is 11.8 Å². The number of carbonyl (C=O) groups excluding carboxylic acids is 1. The molecule has 120 valence electrons. The summed E-state index contributed by atoms with van der Waals surface area (Å²) in [5.74, 6) is -0.874. The lowest BCUT2D eigenvalue weighted by Gasteiger charge is -2.25. The van der Waals surface area contributed by atoms with Gasteiger partial charge in [-0.3, -0.25) is 9.59 Å². The molecule has 0 bridgehead atoms. The van der Waals surface area contributed by atoms with Crippen LogP contribution in [0.4, 0.5) is 10.1 Å². The molecular formula is C16H20FNO4. The fourth-order valence-electron chi connectivity index (χ4n) is 2.67. The fourth-order valence-corrected chi connectivity index (χ4v) is 2.67. The van der Waals surface area contributed by atoms with Crippen molar-refractivity contribution in [2.45, 2.75) is 25.7 Å². The van der Waals surface area contributed by atoms with E-state index < -0.39 is 12.6 Å². The van der Waals surface area contributed by atoms with E-state index in [1.54, 1.807) is 24.3 Å². The third-order valence-corrected chi connectivity index (χ3v) is 3.89. The molecule has 1 fully saturated rings. The molecule has 1 aliphatic carbocycles. The molecule has 0 aliphatic heterocycles. The first-order valence-corrected chi connectivity index (χ1v) is 7.42. The van der Waals surface area contributed by atoms with Crippen LogP contribution in [-0.4, -0.2) is 30.3 Å². The summed E-state index contributed by atoms with van der Waals surface area (Å²) in [6, 6.07) is 6.81. The Morgan fingerprint density at radius 3 is 2.55 bits per heavy atom. The molecular weight excluding hydrogens is 289 g/mol. The first kappa shape index (κ1) is 16.3. The Balaban J connectivity index is 1.88. The molecule has 5 nitrogen and oxygen atoms in total. The molecule has 0 heterocycles. The van der Waals surface area contributed by atoms with Crippen molar-refractivity contribution in [1.29, 1.82) is 0 Å². The maximum Gasteiger partial charge on any atom is 0.306 e. The number of ether oxygens (including phenoxy) is 1. The van der Waals surface area contributed by atoms with Crippen molar-refractivity contribution >= 4 is 17.6 Å². The average molecular weight is 309 g/mol. The zero-order valence-electron chi connectivity index (χ0n) is 12.3. The average Bonchev–Trinajstić information content (AvgIpc) is 2.53. The van der Waals surface area contributed by atoms with Crippen molar-refractivity contribution in [1.82, 2.24) is 0 Å². The summed E-state index contributed by atoms with van der Waals surface area (Å²) in [7, 11) is 0. The summed E-state index contributed by atoms with van der Waals surface area (Å²) in [6.07, 6.45) is 2.24. The molecule has 0 unspecified atom stereocenters. The van der Waals surface area contributed by atoms with E-state index in [1.165, 1.54) is 0 Å². The van der Waals surface area contributed by atoms with Crippen LogP contribution in [0, 0.1) is 11.8 Å². The van der Waals surface area contributed by atoms with Gasteiger partial charge in [0, 0.05) is 17.7 Å². The van der Waals surface area contributed by atoms with Crippen LogP contribution in [0.25, 0.3) is 0 Å². The molecule has 1 aromatic rings.